The Labute approximate surface area is 181 Å². The van der Waals surface area contributed by atoms with Crippen LogP contribution in [0.2, 0.25) is 0 Å². The normalized spacial score (nSPS) is 12.8. The van der Waals surface area contributed by atoms with E-state index in [1.807, 2.05) is 31.2 Å². The number of carbonyl (C=O) groups excluding carboxylic acids is 1. The molecule has 29 heavy (non-hydrogen) atoms. The zero-order valence-electron chi connectivity index (χ0n) is 18.6. The van der Waals surface area contributed by atoms with Crippen molar-refractivity contribution in [3.8, 4) is 0 Å². The van der Waals surface area contributed by atoms with Crippen molar-refractivity contribution >= 4 is 17.7 Å². The van der Waals surface area contributed by atoms with Gasteiger partial charge in [-0.3, -0.25) is 4.79 Å². The van der Waals surface area contributed by atoms with Crippen molar-refractivity contribution in [3.05, 3.63) is 59.2 Å². The first-order chi connectivity index (χ1) is 14.0. The van der Waals surface area contributed by atoms with E-state index in [1.54, 1.807) is 17.8 Å². The summed E-state index contributed by atoms with van der Waals surface area (Å²) < 4.78 is 0. The summed E-state index contributed by atoms with van der Waals surface area (Å²) in [4.78, 5) is 13.5. The highest BCUT2D eigenvalue weighted by molar-refractivity contribution is 7.99. The smallest absolute Gasteiger partial charge is 0.248 e. The number of primary amides is 1. The van der Waals surface area contributed by atoms with E-state index in [1.165, 1.54) is 62.1 Å². The lowest BCUT2D eigenvalue weighted by molar-refractivity contribution is 0.1000. The number of amides is 1. The predicted molar refractivity (Wildman–Crippen MR) is 127 cm³/mol. The maximum atomic E-state index is 11.1. The molecule has 0 saturated carbocycles. The van der Waals surface area contributed by atoms with Gasteiger partial charge in [0.1, 0.15) is 0 Å². The lowest BCUT2D eigenvalue weighted by Crippen LogP contribution is -2.21. The molecule has 0 unspecified atom stereocenters. The van der Waals surface area contributed by atoms with Crippen molar-refractivity contribution in [2.75, 3.05) is 13.1 Å². The van der Waals surface area contributed by atoms with Crippen molar-refractivity contribution in [1.29, 1.82) is 0 Å². The average Bonchev–Trinajstić information content (AvgIpc) is 2.74. The summed E-state index contributed by atoms with van der Waals surface area (Å²) in [6.07, 6.45) is 8.29. The molecule has 1 aliphatic heterocycles. The lowest BCUT2D eigenvalue weighted by Gasteiger charge is -2.08. The minimum atomic E-state index is -0.384. The fraction of sp³-hybridized carbons (Fsp3) is 0.480. The molecule has 1 aliphatic rings. The lowest BCUT2D eigenvalue weighted by atomic mass is 10.1. The molecule has 1 amide bonds. The summed E-state index contributed by atoms with van der Waals surface area (Å²) in [5, 5.41) is 3.28. The summed E-state index contributed by atoms with van der Waals surface area (Å²) >= 11 is 1.71. The van der Waals surface area contributed by atoms with Crippen LogP contribution in [0.4, 0.5) is 0 Å². The van der Waals surface area contributed by atoms with Crippen molar-refractivity contribution < 1.29 is 4.79 Å². The second kappa shape index (κ2) is 15.1. The number of unbranched alkanes of at least 4 members (excludes halogenated alkanes) is 2. The van der Waals surface area contributed by atoms with Gasteiger partial charge in [-0.15, -0.1) is 0 Å². The summed E-state index contributed by atoms with van der Waals surface area (Å²) in [7, 11) is 0. The minimum Gasteiger partial charge on any atom is -0.366 e. The third-order valence-electron chi connectivity index (χ3n) is 4.69. The van der Waals surface area contributed by atoms with Crippen LogP contribution in [0.1, 0.15) is 73.9 Å². The summed E-state index contributed by atoms with van der Waals surface area (Å²) in [6.45, 7) is 11.0. The molecule has 4 heteroatoms. The molecule has 1 fully saturated rings. The Hall–Kier alpha value is -1.78. The van der Waals surface area contributed by atoms with Crippen LogP contribution in [0.3, 0.4) is 0 Å². The van der Waals surface area contributed by atoms with Crippen LogP contribution >= 0.6 is 11.8 Å². The molecule has 0 aliphatic carbocycles. The maximum absolute atomic E-state index is 11.1. The van der Waals surface area contributed by atoms with Crippen LogP contribution in [-0.4, -0.2) is 19.0 Å². The maximum Gasteiger partial charge on any atom is 0.248 e. The average molecular weight is 415 g/mol. The Bertz CT molecular complexity index is 713. The second-order valence-corrected chi connectivity index (χ2v) is 8.46. The third kappa shape index (κ3) is 10.5. The van der Waals surface area contributed by atoms with E-state index >= 15 is 0 Å². The zero-order valence-corrected chi connectivity index (χ0v) is 19.4. The van der Waals surface area contributed by atoms with E-state index in [4.69, 9.17) is 5.73 Å². The van der Waals surface area contributed by atoms with Gasteiger partial charge in [-0.2, -0.15) is 0 Å². The van der Waals surface area contributed by atoms with Crippen molar-refractivity contribution in [1.82, 2.24) is 5.32 Å². The van der Waals surface area contributed by atoms with Gasteiger partial charge >= 0.3 is 0 Å². The summed E-state index contributed by atoms with van der Waals surface area (Å²) in [5.74, 6) is -0.384. The molecule has 3 nitrogen and oxygen atoms in total. The van der Waals surface area contributed by atoms with E-state index in [-0.39, 0.29) is 5.91 Å². The number of carbonyl (C=O) groups is 1. The van der Waals surface area contributed by atoms with Crippen molar-refractivity contribution in [3.63, 3.8) is 0 Å². The van der Waals surface area contributed by atoms with E-state index in [9.17, 15) is 4.79 Å². The van der Waals surface area contributed by atoms with Gasteiger partial charge in [0, 0.05) is 15.4 Å². The highest BCUT2D eigenvalue weighted by atomic mass is 32.2. The van der Waals surface area contributed by atoms with Gasteiger partial charge in [0.2, 0.25) is 5.91 Å². The van der Waals surface area contributed by atoms with E-state index in [0.717, 1.165) is 10.5 Å². The molecule has 1 saturated heterocycles. The molecule has 0 radical (unpaired) electrons. The van der Waals surface area contributed by atoms with Gasteiger partial charge in [0.05, 0.1) is 0 Å². The zero-order chi connectivity index (χ0) is 21.5. The van der Waals surface area contributed by atoms with Crippen LogP contribution in [0.5, 0.6) is 0 Å². The standard InChI is InChI=1S/C15H15NOS.C5H11N.C5H12/c1-10-5-3-4-6-13(10)18-14-8-7-12(15(16)17)9-11(14)2;1-2-4-6-5-3-1;1-3-5-4-2/h3-9H,1-2H3,(H2,16,17);6H,1-5H2;3-5H2,1-2H3. The number of hydrogen-bond acceptors (Lipinski definition) is 3. The van der Waals surface area contributed by atoms with Gasteiger partial charge in [-0.1, -0.05) is 69.5 Å². The number of benzene rings is 2. The SMILES string of the molecule is C1CCNCC1.CCCCC.Cc1ccccc1Sc1ccc(C(N)=O)cc1C. The van der Waals surface area contributed by atoms with Gasteiger partial charge in [-0.05, 0) is 75.2 Å². The van der Waals surface area contributed by atoms with Gasteiger partial charge in [0.25, 0.3) is 0 Å². The first-order valence-corrected chi connectivity index (χ1v) is 11.7. The van der Waals surface area contributed by atoms with Gasteiger partial charge in [0.15, 0.2) is 0 Å². The van der Waals surface area contributed by atoms with Gasteiger partial charge in [-0.25, -0.2) is 0 Å². The molecule has 160 valence electrons. The Morgan fingerprint density at radius 2 is 1.55 bits per heavy atom. The monoisotopic (exact) mass is 414 g/mol. The number of piperidine rings is 1. The highest BCUT2D eigenvalue weighted by Crippen LogP contribution is 2.32. The first kappa shape index (κ1) is 25.3. The molecule has 0 atom stereocenters. The number of rotatable bonds is 5. The van der Waals surface area contributed by atoms with E-state index in [2.05, 4.69) is 38.2 Å². The molecule has 1 heterocycles. The molecular weight excluding hydrogens is 376 g/mol. The molecular formula is C25H38N2OS. The first-order valence-electron chi connectivity index (χ1n) is 10.8. The molecule has 2 aromatic rings. The molecule has 0 bridgehead atoms. The van der Waals surface area contributed by atoms with Crippen LogP contribution in [0.25, 0.3) is 0 Å². The highest BCUT2D eigenvalue weighted by Gasteiger charge is 2.06. The minimum absolute atomic E-state index is 0.384. The molecule has 0 aromatic heterocycles. The fourth-order valence-electron chi connectivity index (χ4n) is 2.86. The number of aryl methyl sites for hydroxylation is 2. The van der Waals surface area contributed by atoms with Crippen molar-refractivity contribution in [2.24, 2.45) is 5.73 Å². The van der Waals surface area contributed by atoms with Crippen LogP contribution in [-0.2, 0) is 0 Å². The second-order valence-electron chi connectivity index (χ2n) is 7.38. The molecule has 2 aromatic carbocycles. The largest absolute Gasteiger partial charge is 0.366 e. The number of nitrogens with one attached hydrogen (secondary N) is 1. The van der Waals surface area contributed by atoms with Crippen LogP contribution < -0.4 is 11.1 Å². The Morgan fingerprint density at radius 3 is 1.97 bits per heavy atom. The number of hydrogen-bond donors (Lipinski definition) is 2. The van der Waals surface area contributed by atoms with Crippen LogP contribution in [0, 0.1) is 13.8 Å². The fourth-order valence-corrected chi connectivity index (χ4v) is 3.83. The Kier molecular flexibility index (Phi) is 13.2. The summed E-state index contributed by atoms with van der Waals surface area (Å²) in [5.41, 5.74) is 8.14. The van der Waals surface area contributed by atoms with E-state index < -0.39 is 0 Å². The van der Waals surface area contributed by atoms with Crippen LogP contribution in [0.15, 0.2) is 52.3 Å². The van der Waals surface area contributed by atoms with Crippen molar-refractivity contribution in [2.45, 2.75) is 76.0 Å². The third-order valence-corrected chi connectivity index (χ3v) is 6.04. The molecule has 3 N–H and O–H groups in total. The van der Waals surface area contributed by atoms with Gasteiger partial charge < -0.3 is 11.1 Å². The predicted octanol–water partition coefficient (Wildman–Crippen LogP) is 6.51. The molecule has 0 spiro atoms. The molecule has 3 rings (SSSR count). The van der Waals surface area contributed by atoms with E-state index in [0.29, 0.717) is 5.56 Å². The quantitative estimate of drug-likeness (QED) is 0.586. The Morgan fingerprint density at radius 1 is 0.931 bits per heavy atom. The number of nitrogens with two attached hydrogens (primary N) is 1. The Balaban J connectivity index is 0.000000312. The summed E-state index contributed by atoms with van der Waals surface area (Å²) in [6, 6.07) is 13.8. The topological polar surface area (TPSA) is 55.1 Å².